The Bertz CT molecular complexity index is 625. The number of aryl methyl sites for hydroxylation is 1. The van der Waals surface area contributed by atoms with Crippen LogP contribution in [0.4, 0.5) is 5.69 Å². The molecule has 2 aromatic rings. The van der Waals surface area contributed by atoms with Crippen molar-refractivity contribution >= 4 is 17.4 Å². The van der Waals surface area contributed by atoms with Gasteiger partial charge in [0.1, 0.15) is 0 Å². The van der Waals surface area contributed by atoms with Gasteiger partial charge < -0.3 is 9.67 Å². The highest BCUT2D eigenvalue weighted by Crippen LogP contribution is 2.34. The molecule has 0 saturated heterocycles. The Labute approximate surface area is 114 Å². The van der Waals surface area contributed by atoms with Crippen LogP contribution in [0.3, 0.4) is 0 Å². The average Bonchev–Trinajstić information content (AvgIpc) is 2.72. The monoisotopic (exact) mass is 279 g/mol. The van der Waals surface area contributed by atoms with E-state index in [1.54, 1.807) is 23.9 Å². The standard InChI is InChI=1S/C12H13N3O3S/c1-8-3-4-11(10(5-8)15(17)18)19-12-13-6-9(7-16)14(12)2/h3-6,16H,7H2,1-2H3. The lowest BCUT2D eigenvalue weighted by atomic mass is 10.2. The second-order valence-electron chi connectivity index (χ2n) is 4.08. The number of nitro groups is 1. The third-order valence-corrected chi connectivity index (χ3v) is 3.84. The van der Waals surface area contributed by atoms with E-state index in [1.165, 1.54) is 17.8 Å². The molecule has 0 aliphatic carbocycles. The zero-order valence-electron chi connectivity index (χ0n) is 10.5. The van der Waals surface area contributed by atoms with E-state index in [9.17, 15) is 10.1 Å². The van der Waals surface area contributed by atoms with Crippen molar-refractivity contribution in [2.24, 2.45) is 7.05 Å². The molecule has 1 heterocycles. The highest BCUT2D eigenvalue weighted by Gasteiger charge is 2.17. The summed E-state index contributed by atoms with van der Waals surface area (Å²) in [5.74, 6) is 0. The highest BCUT2D eigenvalue weighted by atomic mass is 32.2. The van der Waals surface area contributed by atoms with Crippen LogP contribution < -0.4 is 0 Å². The number of hydrogen-bond donors (Lipinski definition) is 1. The summed E-state index contributed by atoms with van der Waals surface area (Å²) in [6.07, 6.45) is 1.56. The van der Waals surface area contributed by atoms with Crippen LogP contribution in [-0.2, 0) is 13.7 Å². The lowest BCUT2D eigenvalue weighted by molar-refractivity contribution is -0.387. The van der Waals surface area contributed by atoms with Crippen LogP contribution in [0.2, 0.25) is 0 Å². The SMILES string of the molecule is Cc1ccc(Sc2ncc(CO)n2C)c([N+](=O)[O-])c1. The van der Waals surface area contributed by atoms with Crippen molar-refractivity contribution in [1.82, 2.24) is 9.55 Å². The smallest absolute Gasteiger partial charge is 0.283 e. The molecule has 100 valence electrons. The van der Waals surface area contributed by atoms with E-state index in [2.05, 4.69) is 4.98 Å². The molecule has 0 aliphatic rings. The summed E-state index contributed by atoms with van der Waals surface area (Å²) in [6.45, 7) is 1.70. The van der Waals surface area contributed by atoms with E-state index in [0.29, 0.717) is 15.7 Å². The molecule has 6 nitrogen and oxygen atoms in total. The van der Waals surface area contributed by atoms with Crippen LogP contribution in [0.1, 0.15) is 11.3 Å². The summed E-state index contributed by atoms with van der Waals surface area (Å²) >= 11 is 1.21. The van der Waals surface area contributed by atoms with E-state index >= 15 is 0 Å². The minimum Gasteiger partial charge on any atom is -0.390 e. The molecule has 2 rings (SSSR count). The molecule has 0 saturated carbocycles. The summed E-state index contributed by atoms with van der Waals surface area (Å²) in [7, 11) is 1.76. The minimum absolute atomic E-state index is 0.0681. The Morgan fingerprint density at radius 2 is 2.26 bits per heavy atom. The molecule has 0 aliphatic heterocycles. The molecule has 0 spiro atoms. The maximum Gasteiger partial charge on any atom is 0.283 e. The first-order valence-corrected chi connectivity index (χ1v) is 6.39. The van der Waals surface area contributed by atoms with Crippen LogP contribution in [0.5, 0.6) is 0 Å². The molecule has 7 heteroatoms. The minimum atomic E-state index is -0.398. The normalized spacial score (nSPS) is 10.7. The molecule has 0 amide bonds. The molecule has 0 atom stereocenters. The Balaban J connectivity index is 2.37. The number of rotatable bonds is 4. The maximum absolute atomic E-state index is 11.0. The molecule has 1 aromatic carbocycles. The predicted molar refractivity (Wildman–Crippen MR) is 71.1 cm³/mol. The van der Waals surface area contributed by atoms with Crippen molar-refractivity contribution in [3.8, 4) is 0 Å². The number of nitro benzene ring substituents is 1. The summed E-state index contributed by atoms with van der Waals surface area (Å²) in [5, 5.41) is 20.7. The first-order chi connectivity index (χ1) is 9.02. The van der Waals surface area contributed by atoms with Gasteiger partial charge in [0.25, 0.3) is 5.69 Å². The molecule has 0 fully saturated rings. The number of hydrogen-bond acceptors (Lipinski definition) is 5. The largest absolute Gasteiger partial charge is 0.390 e. The Morgan fingerprint density at radius 3 is 2.84 bits per heavy atom. The lowest BCUT2D eigenvalue weighted by Crippen LogP contribution is -1.98. The van der Waals surface area contributed by atoms with Gasteiger partial charge in [0, 0.05) is 13.1 Å². The molecule has 1 aromatic heterocycles. The van der Waals surface area contributed by atoms with E-state index in [0.717, 1.165) is 5.56 Å². The van der Waals surface area contributed by atoms with Gasteiger partial charge in [0.05, 0.1) is 28.3 Å². The highest BCUT2D eigenvalue weighted by molar-refractivity contribution is 7.99. The Hall–Kier alpha value is -1.86. The lowest BCUT2D eigenvalue weighted by Gasteiger charge is -2.05. The molecule has 1 N–H and O–H groups in total. The van der Waals surface area contributed by atoms with Crippen molar-refractivity contribution < 1.29 is 10.0 Å². The van der Waals surface area contributed by atoms with Gasteiger partial charge in [-0.05, 0) is 30.3 Å². The van der Waals surface area contributed by atoms with Gasteiger partial charge in [-0.15, -0.1) is 0 Å². The zero-order valence-corrected chi connectivity index (χ0v) is 11.3. The van der Waals surface area contributed by atoms with Crippen molar-refractivity contribution in [1.29, 1.82) is 0 Å². The first-order valence-electron chi connectivity index (χ1n) is 5.57. The molecule has 0 radical (unpaired) electrons. The maximum atomic E-state index is 11.0. The van der Waals surface area contributed by atoms with Crippen molar-refractivity contribution in [3.63, 3.8) is 0 Å². The number of nitrogens with zero attached hydrogens (tertiary/aromatic N) is 3. The number of aliphatic hydroxyl groups excluding tert-OH is 1. The first kappa shape index (κ1) is 13.6. The Morgan fingerprint density at radius 1 is 1.53 bits per heavy atom. The molecule has 19 heavy (non-hydrogen) atoms. The quantitative estimate of drug-likeness (QED) is 0.686. The molecule has 0 unspecified atom stereocenters. The van der Waals surface area contributed by atoms with E-state index in [1.807, 2.05) is 13.0 Å². The third kappa shape index (κ3) is 2.77. The summed E-state index contributed by atoms with van der Waals surface area (Å²) < 4.78 is 1.72. The van der Waals surface area contributed by atoms with E-state index < -0.39 is 4.92 Å². The van der Waals surface area contributed by atoms with Gasteiger partial charge in [-0.25, -0.2) is 4.98 Å². The van der Waals surface area contributed by atoms with Crippen LogP contribution in [0.25, 0.3) is 0 Å². The number of aromatic nitrogens is 2. The second-order valence-corrected chi connectivity index (χ2v) is 5.09. The second kappa shape index (κ2) is 5.41. The van der Waals surface area contributed by atoms with Crippen LogP contribution in [0.15, 0.2) is 34.4 Å². The van der Waals surface area contributed by atoms with Crippen LogP contribution >= 0.6 is 11.8 Å². The summed E-state index contributed by atoms with van der Waals surface area (Å²) in [4.78, 5) is 15.3. The van der Waals surface area contributed by atoms with Crippen LogP contribution in [0, 0.1) is 17.0 Å². The summed E-state index contributed by atoms with van der Waals surface area (Å²) in [5.41, 5.74) is 1.57. The average molecular weight is 279 g/mol. The van der Waals surface area contributed by atoms with Gasteiger partial charge in [-0.3, -0.25) is 10.1 Å². The number of imidazole rings is 1. The summed E-state index contributed by atoms with van der Waals surface area (Å²) in [6, 6.07) is 5.08. The Kier molecular flexibility index (Phi) is 3.87. The molecular weight excluding hydrogens is 266 g/mol. The molecule has 0 bridgehead atoms. The van der Waals surface area contributed by atoms with Crippen molar-refractivity contribution in [2.75, 3.05) is 0 Å². The van der Waals surface area contributed by atoms with E-state index in [4.69, 9.17) is 5.11 Å². The van der Waals surface area contributed by atoms with E-state index in [-0.39, 0.29) is 12.3 Å². The van der Waals surface area contributed by atoms with Crippen molar-refractivity contribution in [3.05, 3.63) is 45.8 Å². The third-order valence-electron chi connectivity index (χ3n) is 2.72. The number of aliphatic hydroxyl groups is 1. The van der Waals surface area contributed by atoms with Gasteiger partial charge in [0.2, 0.25) is 0 Å². The van der Waals surface area contributed by atoms with Gasteiger partial charge in [-0.2, -0.15) is 0 Å². The van der Waals surface area contributed by atoms with Gasteiger partial charge in [0.15, 0.2) is 5.16 Å². The fourth-order valence-electron chi connectivity index (χ4n) is 1.62. The van der Waals surface area contributed by atoms with Gasteiger partial charge in [-0.1, -0.05) is 6.07 Å². The zero-order chi connectivity index (χ0) is 14.0. The van der Waals surface area contributed by atoms with Crippen molar-refractivity contribution in [2.45, 2.75) is 23.6 Å². The van der Waals surface area contributed by atoms with Gasteiger partial charge >= 0.3 is 0 Å². The molecular formula is C12H13N3O3S. The number of benzene rings is 1. The van der Waals surface area contributed by atoms with Crippen LogP contribution in [-0.4, -0.2) is 19.6 Å². The fourth-order valence-corrected chi connectivity index (χ4v) is 2.55. The topological polar surface area (TPSA) is 81.2 Å². The fraction of sp³-hybridized carbons (Fsp3) is 0.250. The predicted octanol–water partition coefficient (Wildman–Crippen LogP) is 2.28.